The van der Waals surface area contributed by atoms with Crippen LogP contribution in [0, 0.1) is 17.7 Å². The van der Waals surface area contributed by atoms with Crippen LogP contribution in [0.4, 0.5) is 8.78 Å². The van der Waals surface area contributed by atoms with Crippen molar-refractivity contribution in [2.75, 3.05) is 6.61 Å². The maximum atomic E-state index is 14.1. The molecule has 0 aliphatic heterocycles. The van der Waals surface area contributed by atoms with Crippen LogP contribution < -0.4 is 5.32 Å². The van der Waals surface area contributed by atoms with E-state index in [1.165, 1.54) is 19.9 Å². The smallest absolute Gasteiger partial charge is 0.224 e. The number of nitrogens with zero attached hydrogens (tertiary/aromatic N) is 3. The zero-order valence-electron chi connectivity index (χ0n) is 14.5. The highest BCUT2D eigenvalue weighted by Crippen LogP contribution is 2.61. The minimum absolute atomic E-state index is 0.0126. The number of amides is 1. The van der Waals surface area contributed by atoms with Gasteiger partial charge in [-0.05, 0) is 43.9 Å². The molecule has 138 valence electrons. The lowest BCUT2D eigenvalue weighted by molar-refractivity contribution is -0.125. The highest BCUT2D eigenvalue weighted by atomic mass is 19.1. The van der Waals surface area contributed by atoms with Gasteiger partial charge in [0.05, 0.1) is 36.7 Å². The number of hydrogen-bond donors (Lipinski definition) is 2. The van der Waals surface area contributed by atoms with E-state index in [0.29, 0.717) is 5.82 Å². The Morgan fingerprint density at radius 2 is 2.23 bits per heavy atom. The van der Waals surface area contributed by atoms with Gasteiger partial charge in [-0.25, -0.2) is 18.4 Å². The van der Waals surface area contributed by atoms with E-state index in [9.17, 15) is 18.7 Å². The Bertz CT molecular complexity index is 844. The van der Waals surface area contributed by atoms with Crippen molar-refractivity contribution in [3.63, 3.8) is 0 Å². The standard InChI is InChI=1S/C18H20F2N4O2/c1-18(2,20)12(8-25)23-17(26)15-11-5-9-6-22-24(16(9)14(11)15)13-4-3-10(19)7-21-13/h3-4,6-7,11-12,14-15,25H,5,8H2,1-2H3,(H,23,26)/t11-,12+,14-,15?/m1/s1. The molecule has 0 radical (unpaired) electrons. The zero-order valence-corrected chi connectivity index (χ0v) is 14.5. The molecule has 0 bridgehead atoms. The number of hydrogen-bond acceptors (Lipinski definition) is 4. The molecule has 6 nitrogen and oxygen atoms in total. The maximum absolute atomic E-state index is 14.1. The Morgan fingerprint density at radius 1 is 1.46 bits per heavy atom. The molecule has 0 aromatic carbocycles. The van der Waals surface area contributed by atoms with Gasteiger partial charge in [0.1, 0.15) is 11.5 Å². The number of carbonyl (C=O) groups is 1. The first-order valence-corrected chi connectivity index (χ1v) is 8.60. The van der Waals surface area contributed by atoms with Crippen molar-refractivity contribution < 1.29 is 18.7 Å². The Balaban J connectivity index is 1.54. The summed E-state index contributed by atoms with van der Waals surface area (Å²) in [6.45, 7) is 2.20. The van der Waals surface area contributed by atoms with Crippen LogP contribution in [0.3, 0.4) is 0 Å². The number of alkyl halides is 1. The average molecular weight is 362 g/mol. The molecular weight excluding hydrogens is 342 g/mol. The summed E-state index contributed by atoms with van der Waals surface area (Å²) in [6, 6.07) is 1.91. The molecule has 1 fully saturated rings. The van der Waals surface area contributed by atoms with Gasteiger partial charge in [-0.15, -0.1) is 0 Å². The molecule has 1 amide bonds. The molecule has 8 heteroatoms. The van der Waals surface area contributed by atoms with Gasteiger partial charge in [-0.1, -0.05) is 0 Å². The molecule has 2 aromatic rings. The molecule has 2 aliphatic carbocycles. The molecule has 2 N–H and O–H groups in total. The molecule has 0 spiro atoms. The number of rotatable bonds is 5. The van der Waals surface area contributed by atoms with Crippen LogP contribution in [0.1, 0.15) is 31.0 Å². The van der Waals surface area contributed by atoms with Gasteiger partial charge in [0, 0.05) is 5.92 Å². The summed E-state index contributed by atoms with van der Waals surface area (Å²) in [5, 5.41) is 16.3. The number of halogens is 2. The molecular formula is C18H20F2N4O2. The number of nitrogens with one attached hydrogen (secondary N) is 1. The van der Waals surface area contributed by atoms with Gasteiger partial charge in [0.25, 0.3) is 0 Å². The summed E-state index contributed by atoms with van der Waals surface area (Å²) in [4.78, 5) is 16.6. The Labute approximate surface area is 149 Å². The molecule has 2 heterocycles. The zero-order chi connectivity index (χ0) is 18.6. The first-order valence-electron chi connectivity index (χ1n) is 8.60. The highest BCUT2D eigenvalue weighted by molar-refractivity contribution is 5.85. The largest absolute Gasteiger partial charge is 0.394 e. The molecule has 2 aromatic heterocycles. The summed E-state index contributed by atoms with van der Waals surface area (Å²) < 4.78 is 28.8. The van der Waals surface area contributed by atoms with Crippen LogP contribution in [0.5, 0.6) is 0 Å². The normalized spacial score (nSPS) is 24.7. The topological polar surface area (TPSA) is 80.0 Å². The van der Waals surface area contributed by atoms with Crippen molar-refractivity contribution in [2.45, 2.75) is 37.9 Å². The minimum Gasteiger partial charge on any atom is -0.394 e. The Hall–Kier alpha value is -2.35. The van der Waals surface area contributed by atoms with E-state index in [2.05, 4.69) is 15.4 Å². The van der Waals surface area contributed by atoms with Gasteiger partial charge in [0.15, 0.2) is 5.82 Å². The molecule has 1 saturated carbocycles. The molecule has 2 aliphatic rings. The Morgan fingerprint density at radius 3 is 2.85 bits per heavy atom. The fourth-order valence-corrected chi connectivity index (χ4v) is 3.89. The average Bonchev–Trinajstić information content (AvgIpc) is 2.94. The van der Waals surface area contributed by atoms with Crippen LogP contribution in [-0.2, 0) is 11.2 Å². The van der Waals surface area contributed by atoms with E-state index < -0.39 is 24.1 Å². The van der Waals surface area contributed by atoms with E-state index in [4.69, 9.17) is 0 Å². The Kier molecular flexibility index (Phi) is 3.83. The summed E-state index contributed by atoms with van der Waals surface area (Å²) >= 11 is 0. The minimum atomic E-state index is -1.71. The van der Waals surface area contributed by atoms with Gasteiger partial charge in [-0.2, -0.15) is 5.10 Å². The molecule has 0 saturated heterocycles. The number of aromatic nitrogens is 3. The summed E-state index contributed by atoms with van der Waals surface area (Å²) in [6.07, 6.45) is 3.60. The highest BCUT2D eigenvalue weighted by Gasteiger charge is 2.61. The third-order valence-corrected chi connectivity index (χ3v) is 5.39. The quantitative estimate of drug-likeness (QED) is 0.845. The third-order valence-electron chi connectivity index (χ3n) is 5.39. The first kappa shape index (κ1) is 17.1. The summed E-state index contributed by atoms with van der Waals surface area (Å²) in [5.74, 6) is -0.316. The summed E-state index contributed by atoms with van der Waals surface area (Å²) in [5.41, 5.74) is 0.258. The predicted octanol–water partition coefficient (Wildman–Crippen LogP) is 1.52. The van der Waals surface area contributed by atoms with Gasteiger partial charge in [0.2, 0.25) is 5.91 Å². The number of aliphatic hydroxyl groups is 1. The van der Waals surface area contributed by atoms with Crippen molar-refractivity contribution in [1.82, 2.24) is 20.1 Å². The van der Waals surface area contributed by atoms with E-state index in [0.717, 1.165) is 23.9 Å². The predicted molar refractivity (Wildman–Crippen MR) is 88.9 cm³/mol. The van der Waals surface area contributed by atoms with Gasteiger partial charge >= 0.3 is 0 Å². The number of aliphatic hydroxyl groups excluding tert-OH is 1. The second kappa shape index (κ2) is 5.84. The molecule has 4 rings (SSSR count). The maximum Gasteiger partial charge on any atom is 0.224 e. The lowest BCUT2D eigenvalue weighted by Crippen LogP contribution is -2.50. The third kappa shape index (κ3) is 2.68. The van der Waals surface area contributed by atoms with E-state index in [-0.39, 0.29) is 23.7 Å². The fourth-order valence-electron chi connectivity index (χ4n) is 3.89. The lowest BCUT2D eigenvalue weighted by atomic mass is 10.0. The van der Waals surface area contributed by atoms with Crippen molar-refractivity contribution in [3.05, 3.63) is 41.6 Å². The van der Waals surface area contributed by atoms with Crippen molar-refractivity contribution in [2.24, 2.45) is 11.8 Å². The van der Waals surface area contributed by atoms with Crippen LogP contribution in [0.15, 0.2) is 24.5 Å². The SMILES string of the molecule is CC(C)(F)[C@H](CO)NC(=O)C1[C@@H]2Cc3cnn(-c4ccc(F)cn4)c3[C@@H]12. The fraction of sp³-hybridized carbons (Fsp3) is 0.500. The molecule has 1 unspecified atom stereocenters. The second-order valence-electron chi connectivity index (χ2n) is 7.53. The second-order valence-corrected chi connectivity index (χ2v) is 7.53. The van der Waals surface area contributed by atoms with Crippen LogP contribution >= 0.6 is 0 Å². The number of pyridine rings is 1. The lowest BCUT2D eigenvalue weighted by Gasteiger charge is -2.26. The van der Waals surface area contributed by atoms with E-state index >= 15 is 0 Å². The van der Waals surface area contributed by atoms with Gasteiger partial charge < -0.3 is 10.4 Å². The van der Waals surface area contributed by atoms with Crippen LogP contribution in [-0.4, -0.2) is 44.1 Å². The van der Waals surface area contributed by atoms with Gasteiger partial charge in [-0.3, -0.25) is 4.79 Å². The van der Waals surface area contributed by atoms with Crippen molar-refractivity contribution in [1.29, 1.82) is 0 Å². The molecule has 4 atom stereocenters. The first-order chi connectivity index (χ1) is 12.3. The molecule has 26 heavy (non-hydrogen) atoms. The monoisotopic (exact) mass is 362 g/mol. The van der Waals surface area contributed by atoms with Crippen LogP contribution in [0.25, 0.3) is 5.82 Å². The van der Waals surface area contributed by atoms with E-state index in [1.54, 1.807) is 16.9 Å². The van der Waals surface area contributed by atoms with Crippen molar-refractivity contribution in [3.8, 4) is 5.82 Å². The number of carbonyl (C=O) groups excluding carboxylic acids is 1. The summed E-state index contributed by atoms with van der Waals surface area (Å²) in [7, 11) is 0. The van der Waals surface area contributed by atoms with Crippen LogP contribution in [0.2, 0.25) is 0 Å². The van der Waals surface area contributed by atoms with E-state index in [1.807, 2.05) is 0 Å². The van der Waals surface area contributed by atoms with Crippen molar-refractivity contribution >= 4 is 5.91 Å². The number of fused-ring (bicyclic) bond motifs is 3.